The van der Waals surface area contributed by atoms with Crippen LogP contribution in [0, 0.1) is 5.92 Å². The van der Waals surface area contributed by atoms with Crippen molar-refractivity contribution in [3.05, 3.63) is 16.7 Å². The van der Waals surface area contributed by atoms with Crippen LogP contribution in [-0.2, 0) is 30.3 Å². The number of rotatable bonds is 11. The zero-order chi connectivity index (χ0) is 21.4. The van der Waals surface area contributed by atoms with E-state index >= 15 is 0 Å². The monoisotopic (exact) mass is 409 g/mol. The van der Waals surface area contributed by atoms with Crippen molar-refractivity contribution < 1.29 is 23.8 Å². The Kier molecular flexibility index (Phi) is 8.28. The molecule has 0 aliphatic rings. The van der Waals surface area contributed by atoms with Crippen LogP contribution in [0.4, 0.5) is 5.95 Å². The highest BCUT2D eigenvalue weighted by atomic mass is 16.7. The first-order chi connectivity index (χ1) is 13.8. The molecule has 2 rings (SSSR count). The molecule has 11 nitrogen and oxygen atoms in total. The standard InChI is InChI=1S/C18H27N5O6/c1-5-27-14(28-6-2)7-13(9-29-12(4)25)8-23-10-19-15-16(23)21-18(20-11(3)24)22-17(15)26/h10,13-14H,5-9H2,1-4H3,(H2,20,21,22,24,26)/t13-/m1/s1. The summed E-state index contributed by atoms with van der Waals surface area (Å²) >= 11 is 0. The molecule has 2 aromatic rings. The van der Waals surface area contributed by atoms with Gasteiger partial charge >= 0.3 is 5.97 Å². The molecule has 0 aliphatic carbocycles. The average molecular weight is 409 g/mol. The van der Waals surface area contributed by atoms with E-state index in [1.165, 1.54) is 20.2 Å². The van der Waals surface area contributed by atoms with E-state index in [0.717, 1.165) is 0 Å². The summed E-state index contributed by atoms with van der Waals surface area (Å²) in [7, 11) is 0. The highest BCUT2D eigenvalue weighted by molar-refractivity contribution is 5.87. The summed E-state index contributed by atoms with van der Waals surface area (Å²) in [5.74, 6) is -0.889. The van der Waals surface area contributed by atoms with Crippen molar-refractivity contribution in [3.63, 3.8) is 0 Å². The highest BCUT2D eigenvalue weighted by Gasteiger charge is 2.21. The van der Waals surface area contributed by atoms with Crippen LogP contribution in [0.2, 0.25) is 0 Å². The molecule has 11 heteroatoms. The lowest BCUT2D eigenvalue weighted by atomic mass is 10.1. The second kappa shape index (κ2) is 10.7. The fraction of sp³-hybridized carbons (Fsp3) is 0.611. The van der Waals surface area contributed by atoms with Crippen molar-refractivity contribution in [2.24, 2.45) is 5.92 Å². The predicted molar refractivity (Wildman–Crippen MR) is 104 cm³/mol. The maximum atomic E-state index is 12.2. The van der Waals surface area contributed by atoms with Crippen LogP contribution in [-0.4, -0.2) is 57.5 Å². The van der Waals surface area contributed by atoms with Crippen LogP contribution in [0.5, 0.6) is 0 Å². The van der Waals surface area contributed by atoms with Gasteiger partial charge in [0.25, 0.3) is 5.56 Å². The van der Waals surface area contributed by atoms with Crippen LogP contribution in [0.3, 0.4) is 0 Å². The molecule has 2 N–H and O–H groups in total. The second-order valence-electron chi connectivity index (χ2n) is 6.41. The summed E-state index contributed by atoms with van der Waals surface area (Å²) in [6, 6.07) is 0. The lowest BCUT2D eigenvalue weighted by Gasteiger charge is -2.23. The van der Waals surface area contributed by atoms with Crippen molar-refractivity contribution in [2.75, 3.05) is 25.1 Å². The third kappa shape index (κ3) is 6.64. The van der Waals surface area contributed by atoms with Gasteiger partial charge in [0.05, 0.1) is 12.9 Å². The number of carbonyl (C=O) groups excluding carboxylic acids is 2. The first kappa shape index (κ1) is 22.5. The first-order valence-corrected chi connectivity index (χ1v) is 9.43. The van der Waals surface area contributed by atoms with Crippen LogP contribution in [0.15, 0.2) is 11.1 Å². The van der Waals surface area contributed by atoms with E-state index in [1.54, 1.807) is 4.57 Å². The second-order valence-corrected chi connectivity index (χ2v) is 6.41. The number of ether oxygens (including phenoxy) is 3. The van der Waals surface area contributed by atoms with E-state index in [2.05, 4.69) is 20.3 Å². The predicted octanol–water partition coefficient (Wildman–Crippen LogP) is 1.05. The smallest absolute Gasteiger partial charge is 0.302 e. The molecule has 0 aromatic carbocycles. The quantitative estimate of drug-likeness (QED) is 0.415. The molecule has 0 fully saturated rings. The lowest BCUT2D eigenvalue weighted by molar-refractivity contribution is -0.156. The molecular formula is C18H27N5O6. The summed E-state index contributed by atoms with van der Waals surface area (Å²) in [6.45, 7) is 7.87. The summed E-state index contributed by atoms with van der Waals surface area (Å²) in [5.41, 5.74) is 0.00162. The van der Waals surface area contributed by atoms with Gasteiger partial charge in [-0.15, -0.1) is 0 Å². The topological polar surface area (TPSA) is 137 Å². The Hall–Kier alpha value is -2.79. The Bertz CT molecular complexity index is 886. The number of H-pyrrole nitrogens is 1. The number of amides is 1. The fourth-order valence-electron chi connectivity index (χ4n) is 2.85. The minimum atomic E-state index is -0.462. The molecule has 1 amide bonds. The average Bonchev–Trinajstić information content (AvgIpc) is 3.03. The molecule has 0 spiro atoms. The number of nitrogens with one attached hydrogen (secondary N) is 2. The van der Waals surface area contributed by atoms with Crippen molar-refractivity contribution >= 4 is 29.0 Å². The number of imidazole rings is 1. The van der Waals surface area contributed by atoms with E-state index in [4.69, 9.17) is 14.2 Å². The van der Waals surface area contributed by atoms with Crippen molar-refractivity contribution in [1.82, 2.24) is 19.5 Å². The van der Waals surface area contributed by atoms with Gasteiger partial charge < -0.3 is 18.8 Å². The number of esters is 1. The zero-order valence-electron chi connectivity index (χ0n) is 17.1. The highest BCUT2D eigenvalue weighted by Crippen LogP contribution is 2.17. The van der Waals surface area contributed by atoms with Crippen molar-refractivity contribution in [2.45, 2.75) is 47.0 Å². The normalized spacial score (nSPS) is 12.3. The van der Waals surface area contributed by atoms with Crippen LogP contribution in [0.25, 0.3) is 11.2 Å². The number of carbonyl (C=O) groups is 2. The number of aromatic nitrogens is 4. The Balaban J connectivity index is 2.29. The van der Waals surface area contributed by atoms with Gasteiger partial charge in [-0.05, 0) is 13.8 Å². The molecule has 0 bridgehead atoms. The van der Waals surface area contributed by atoms with E-state index < -0.39 is 17.8 Å². The Morgan fingerprint density at radius 2 is 1.93 bits per heavy atom. The number of hydrogen-bond acceptors (Lipinski definition) is 8. The fourth-order valence-corrected chi connectivity index (χ4v) is 2.85. The minimum Gasteiger partial charge on any atom is -0.466 e. The SMILES string of the molecule is CCOC(C[C@@H](COC(C)=O)Cn1cnc2c(=O)[nH]c(NC(C)=O)nc21)OCC. The van der Waals surface area contributed by atoms with Crippen LogP contribution in [0.1, 0.15) is 34.1 Å². The lowest BCUT2D eigenvalue weighted by Crippen LogP contribution is -2.27. The van der Waals surface area contributed by atoms with Gasteiger partial charge in [-0.3, -0.25) is 24.7 Å². The van der Waals surface area contributed by atoms with Crippen molar-refractivity contribution in [3.8, 4) is 0 Å². The summed E-state index contributed by atoms with van der Waals surface area (Å²) in [4.78, 5) is 45.6. The number of aromatic amines is 1. The van der Waals surface area contributed by atoms with Gasteiger partial charge in [0, 0.05) is 45.9 Å². The number of anilines is 1. The molecule has 0 radical (unpaired) electrons. The Morgan fingerprint density at radius 1 is 1.24 bits per heavy atom. The maximum Gasteiger partial charge on any atom is 0.302 e. The van der Waals surface area contributed by atoms with Gasteiger partial charge in [-0.2, -0.15) is 4.98 Å². The van der Waals surface area contributed by atoms with Gasteiger partial charge in [-0.1, -0.05) is 0 Å². The molecule has 2 aromatic heterocycles. The van der Waals surface area contributed by atoms with Crippen molar-refractivity contribution in [1.29, 1.82) is 0 Å². The summed E-state index contributed by atoms with van der Waals surface area (Å²) in [6.07, 6.45) is 1.50. The molecule has 0 unspecified atom stereocenters. The molecule has 29 heavy (non-hydrogen) atoms. The van der Waals surface area contributed by atoms with Crippen LogP contribution < -0.4 is 10.9 Å². The maximum absolute atomic E-state index is 12.2. The van der Waals surface area contributed by atoms with E-state index in [-0.39, 0.29) is 29.9 Å². The number of nitrogens with zero attached hydrogens (tertiary/aromatic N) is 3. The Labute approximate surface area is 167 Å². The number of fused-ring (bicyclic) bond motifs is 1. The van der Waals surface area contributed by atoms with E-state index in [0.29, 0.717) is 31.8 Å². The molecule has 0 saturated heterocycles. The van der Waals surface area contributed by atoms with Gasteiger partial charge in [0.15, 0.2) is 17.5 Å². The third-order valence-electron chi connectivity index (χ3n) is 3.98. The molecule has 0 saturated carbocycles. The van der Waals surface area contributed by atoms with Gasteiger partial charge in [0.2, 0.25) is 11.9 Å². The zero-order valence-corrected chi connectivity index (χ0v) is 17.1. The Morgan fingerprint density at radius 3 is 2.52 bits per heavy atom. The van der Waals surface area contributed by atoms with Gasteiger partial charge in [0.1, 0.15) is 0 Å². The first-order valence-electron chi connectivity index (χ1n) is 9.43. The largest absolute Gasteiger partial charge is 0.466 e. The number of hydrogen-bond donors (Lipinski definition) is 2. The van der Waals surface area contributed by atoms with E-state index in [1.807, 2.05) is 13.8 Å². The molecular weight excluding hydrogens is 382 g/mol. The molecule has 2 heterocycles. The summed E-state index contributed by atoms with van der Waals surface area (Å²) in [5, 5.41) is 2.46. The minimum absolute atomic E-state index is 0.0368. The summed E-state index contributed by atoms with van der Waals surface area (Å²) < 4.78 is 18.1. The third-order valence-corrected chi connectivity index (χ3v) is 3.98. The van der Waals surface area contributed by atoms with E-state index in [9.17, 15) is 14.4 Å². The molecule has 160 valence electrons. The molecule has 1 atom stereocenters. The van der Waals surface area contributed by atoms with Crippen LogP contribution >= 0.6 is 0 Å². The van der Waals surface area contributed by atoms with Gasteiger partial charge in [-0.25, -0.2) is 4.98 Å². The molecule has 0 aliphatic heterocycles.